The SMILES string of the molecule is CCCC(C#N)C(=O)NC(C)Cc1cccs1. The Bertz CT molecular complexity index is 381. The van der Waals surface area contributed by atoms with Crippen LogP contribution in [-0.4, -0.2) is 11.9 Å². The van der Waals surface area contributed by atoms with Crippen LogP contribution in [0.2, 0.25) is 0 Å². The van der Waals surface area contributed by atoms with Gasteiger partial charge in [-0.25, -0.2) is 0 Å². The molecule has 0 aliphatic heterocycles. The zero-order chi connectivity index (χ0) is 12.7. The Balaban J connectivity index is 2.42. The van der Waals surface area contributed by atoms with Gasteiger partial charge >= 0.3 is 0 Å². The van der Waals surface area contributed by atoms with E-state index in [4.69, 9.17) is 5.26 Å². The highest BCUT2D eigenvalue weighted by Gasteiger charge is 2.18. The van der Waals surface area contributed by atoms with E-state index in [1.165, 1.54) is 4.88 Å². The van der Waals surface area contributed by atoms with Crippen LogP contribution in [0, 0.1) is 17.2 Å². The molecule has 0 aromatic carbocycles. The Hall–Kier alpha value is -1.34. The lowest BCUT2D eigenvalue weighted by atomic mass is 10.0. The number of rotatable bonds is 6. The summed E-state index contributed by atoms with van der Waals surface area (Å²) < 4.78 is 0. The van der Waals surface area contributed by atoms with E-state index in [2.05, 4.69) is 17.5 Å². The minimum absolute atomic E-state index is 0.0776. The Kier molecular flexibility index (Phi) is 5.71. The van der Waals surface area contributed by atoms with Crippen molar-refractivity contribution in [1.82, 2.24) is 5.32 Å². The van der Waals surface area contributed by atoms with Crippen molar-refractivity contribution in [1.29, 1.82) is 5.26 Å². The van der Waals surface area contributed by atoms with Crippen LogP contribution < -0.4 is 5.32 Å². The number of nitrogens with zero attached hydrogens (tertiary/aromatic N) is 1. The van der Waals surface area contributed by atoms with E-state index in [1.807, 2.05) is 25.3 Å². The number of nitrogens with one attached hydrogen (secondary N) is 1. The average molecular weight is 250 g/mol. The predicted molar refractivity (Wildman–Crippen MR) is 69.6 cm³/mol. The first-order chi connectivity index (χ1) is 8.17. The molecule has 0 spiro atoms. The summed E-state index contributed by atoms with van der Waals surface area (Å²) in [5, 5.41) is 13.8. The van der Waals surface area contributed by atoms with E-state index >= 15 is 0 Å². The van der Waals surface area contributed by atoms with Crippen molar-refractivity contribution in [2.45, 2.75) is 39.2 Å². The molecule has 0 fully saturated rings. The van der Waals surface area contributed by atoms with Gasteiger partial charge in [0.05, 0.1) is 6.07 Å². The van der Waals surface area contributed by atoms with Crippen molar-refractivity contribution < 1.29 is 4.79 Å². The maximum Gasteiger partial charge on any atom is 0.237 e. The largest absolute Gasteiger partial charge is 0.352 e. The zero-order valence-corrected chi connectivity index (χ0v) is 11.1. The molecule has 1 N–H and O–H groups in total. The highest BCUT2D eigenvalue weighted by atomic mass is 32.1. The van der Waals surface area contributed by atoms with E-state index in [-0.39, 0.29) is 11.9 Å². The predicted octanol–water partition coefficient (Wildman–Crippen LogP) is 2.74. The number of amides is 1. The van der Waals surface area contributed by atoms with Crippen LogP contribution in [0.25, 0.3) is 0 Å². The number of carbonyl (C=O) groups is 1. The second kappa shape index (κ2) is 7.08. The van der Waals surface area contributed by atoms with Gasteiger partial charge in [-0.3, -0.25) is 4.79 Å². The highest BCUT2D eigenvalue weighted by Crippen LogP contribution is 2.12. The zero-order valence-electron chi connectivity index (χ0n) is 10.3. The molecule has 2 unspecified atom stereocenters. The van der Waals surface area contributed by atoms with E-state index in [9.17, 15) is 4.79 Å². The maximum absolute atomic E-state index is 11.8. The van der Waals surface area contributed by atoms with E-state index in [0.717, 1.165) is 12.8 Å². The van der Waals surface area contributed by atoms with Gasteiger partial charge in [-0.1, -0.05) is 19.4 Å². The molecule has 1 rings (SSSR count). The van der Waals surface area contributed by atoms with Gasteiger partial charge in [0.25, 0.3) is 0 Å². The summed E-state index contributed by atoms with van der Waals surface area (Å²) >= 11 is 1.69. The first-order valence-electron chi connectivity index (χ1n) is 5.89. The van der Waals surface area contributed by atoms with Gasteiger partial charge in [-0.05, 0) is 24.8 Å². The first-order valence-corrected chi connectivity index (χ1v) is 6.77. The molecular weight excluding hydrogens is 232 g/mol. The fraction of sp³-hybridized carbons (Fsp3) is 0.538. The number of thiophene rings is 1. The summed E-state index contributed by atoms with van der Waals surface area (Å²) in [7, 11) is 0. The molecule has 0 aliphatic rings. The molecule has 3 nitrogen and oxygen atoms in total. The monoisotopic (exact) mass is 250 g/mol. The second-order valence-corrected chi connectivity index (χ2v) is 5.20. The molecule has 0 bridgehead atoms. The fourth-order valence-corrected chi connectivity index (χ4v) is 2.50. The van der Waals surface area contributed by atoms with Crippen molar-refractivity contribution in [3.63, 3.8) is 0 Å². The summed E-state index contributed by atoms with van der Waals surface area (Å²) in [5.41, 5.74) is 0. The van der Waals surface area contributed by atoms with E-state index < -0.39 is 5.92 Å². The highest BCUT2D eigenvalue weighted by molar-refractivity contribution is 7.09. The molecular formula is C13H18N2OS. The van der Waals surface area contributed by atoms with Crippen LogP contribution in [0.15, 0.2) is 17.5 Å². The Labute approximate surface area is 106 Å². The quantitative estimate of drug-likeness (QED) is 0.844. The summed E-state index contributed by atoms with van der Waals surface area (Å²) in [6.45, 7) is 3.95. The molecule has 4 heteroatoms. The van der Waals surface area contributed by atoms with Crippen LogP contribution in [0.5, 0.6) is 0 Å². The third kappa shape index (κ3) is 4.58. The lowest BCUT2D eigenvalue weighted by molar-refractivity contribution is -0.124. The molecule has 1 aromatic rings. The Morgan fingerprint density at radius 1 is 1.65 bits per heavy atom. The molecule has 17 heavy (non-hydrogen) atoms. The molecule has 1 amide bonds. The van der Waals surface area contributed by atoms with Crippen molar-refractivity contribution in [2.75, 3.05) is 0 Å². The lowest BCUT2D eigenvalue weighted by Gasteiger charge is -2.15. The van der Waals surface area contributed by atoms with Crippen LogP contribution in [0.4, 0.5) is 0 Å². The minimum atomic E-state index is -0.509. The third-order valence-electron chi connectivity index (χ3n) is 2.53. The molecule has 0 radical (unpaired) electrons. The van der Waals surface area contributed by atoms with Gasteiger partial charge < -0.3 is 5.32 Å². The van der Waals surface area contributed by atoms with Crippen molar-refractivity contribution in [3.05, 3.63) is 22.4 Å². The summed E-state index contributed by atoms with van der Waals surface area (Å²) in [6.07, 6.45) is 2.31. The lowest BCUT2D eigenvalue weighted by Crippen LogP contribution is -2.37. The van der Waals surface area contributed by atoms with Gasteiger partial charge in [0.15, 0.2) is 0 Å². The smallest absolute Gasteiger partial charge is 0.237 e. The standard InChI is InChI=1S/C13H18N2OS/c1-3-5-11(9-14)13(16)15-10(2)8-12-6-4-7-17-12/h4,6-7,10-11H,3,5,8H2,1-2H3,(H,15,16). The topological polar surface area (TPSA) is 52.9 Å². The van der Waals surface area contributed by atoms with Crippen LogP contribution in [-0.2, 0) is 11.2 Å². The van der Waals surface area contributed by atoms with Gasteiger partial charge in [0.1, 0.15) is 5.92 Å². The summed E-state index contributed by atoms with van der Waals surface area (Å²) in [6, 6.07) is 6.20. The van der Waals surface area contributed by atoms with Gasteiger partial charge in [-0.15, -0.1) is 11.3 Å². The molecule has 0 aliphatic carbocycles. The number of hydrogen-bond donors (Lipinski definition) is 1. The van der Waals surface area contributed by atoms with Gasteiger partial charge in [-0.2, -0.15) is 5.26 Å². The molecule has 1 aromatic heterocycles. The normalized spacial score (nSPS) is 13.7. The first kappa shape index (κ1) is 13.7. The third-order valence-corrected chi connectivity index (χ3v) is 3.42. The molecule has 0 saturated heterocycles. The number of carbonyl (C=O) groups excluding carboxylic acids is 1. The van der Waals surface area contributed by atoms with Crippen LogP contribution in [0.3, 0.4) is 0 Å². The minimum Gasteiger partial charge on any atom is -0.352 e. The van der Waals surface area contributed by atoms with Crippen LogP contribution >= 0.6 is 11.3 Å². The maximum atomic E-state index is 11.8. The summed E-state index contributed by atoms with van der Waals surface area (Å²) in [4.78, 5) is 13.0. The second-order valence-electron chi connectivity index (χ2n) is 4.16. The molecule has 1 heterocycles. The van der Waals surface area contributed by atoms with Gasteiger partial charge in [0, 0.05) is 17.3 Å². The number of hydrogen-bond acceptors (Lipinski definition) is 3. The van der Waals surface area contributed by atoms with Crippen molar-refractivity contribution in [3.8, 4) is 6.07 Å². The van der Waals surface area contributed by atoms with Crippen molar-refractivity contribution >= 4 is 17.2 Å². The molecule has 2 atom stereocenters. The van der Waals surface area contributed by atoms with Crippen molar-refractivity contribution in [2.24, 2.45) is 5.92 Å². The van der Waals surface area contributed by atoms with E-state index in [1.54, 1.807) is 11.3 Å². The Morgan fingerprint density at radius 2 is 2.41 bits per heavy atom. The fourth-order valence-electron chi connectivity index (χ4n) is 1.67. The average Bonchev–Trinajstić information content (AvgIpc) is 2.78. The molecule has 92 valence electrons. The Morgan fingerprint density at radius 3 is 2.94 bits per heavy atom. The number of nitriles is 1. The summed E-state index contributed by atoms with van der Waals surface area (Å²) in [5.74, 6) is -0.649. The van der Waals surface area contributed by atoms with E-state index in [0.29, 0.717) is 6.42 Å². The van der Waals surface area contributed by atoms with Gasteiger partial charge in [0.2, 0.25) is 5.91 Å². The van der Waals surface area contributed by atoms with Crippen LogP contribution in [0.1, 0.15) is 31.6 Å². The molecule has 0 saturated carbocycles.